The molecule has 0 aliphatic carbocycles. The van der Waals surface area contributed by atoms with Gasteiger partial charge in [0.05, 0.1) is 16.3 Å². The van der Waals surface area contributed by atoms with Crippen LogP contribution in [0.25, 0.3) is 16.4 Å². The fourth-order valence-electron chi connectivity index (χ4n) is 3.52. The summed E-state index contributed by atoms with van der Waals surface area (Å²) in [4.78, 5) is 7.86. The summed E-state index contributed by atoms with van der Waals surface area (Å²) in [6, 6.07) is 12.5. The Bertz CT molecular complexity index is 1100. The van der Waals surface area contributed by atoms with Gasteiger partial charge in [-0.25, -0.2) is 0 Å². The highest BCUT2D eigenvalue weighted by atomic mass is 32.2. The zero-order valence-corrected chi connectivity index (χ0v) is 18.3. The Balaban J connectivity index is 1.41. The van der Waals surface area contributed by atoms with Gasteiger partial charge in [-0.3, -0.25) is 4.57 Å². The molecule has 7 nitrogen and oxygen atoms in total. The van der Waals surface area contributed by atoms with E-state index in [0.29, 0.717) is 17.5 Å². The number of nitrogens with zero attached hydrogens (tertiary/aromatic N) is 6. The van der Waals surface area contributed by atoms with Gasteiger partial charge in [0, 0.05) is 13.1 Å². The lowest BCUT2D eigenvalue weighted by Crippen LogP contribution is -2.31. The molecule has 154 valence electrons. The van der Waals surface area contributed by atoms with Crippen LogP contribution in [0, 0.1) is 6.92 Å². The van der Waals surface area contributed by atoms with Crippen molar-refractivity contribution in [2.75, 3.05) is 18.0 Å². The van der Waals surface area contributed by atoms with E-state index in [4.69, 9.17) is 4.52 Å². The van der Waals surface area contributed by atoms with Crippen LogP contribution in [0.15, 0.2) is 51.5 Å². The number of rotatable bonds is 6. The second kappa shape index (κ2) is 8.61. The second-order valence-electron chi connectivity index (χ2n) is 7.28. The van der Waals surface area contributed by atoms with Crippen molar-refractivity contribution in [3.8, 4) is 16.4 Å². The zero-order chi connectivity index (χ0) is 20.3. The largest absolute Gasteiger partial charge is 0.341 e. The normalized spacial score (nSPS) is 14.4. The quantitative estimate of drug-likeness (QED) is 0.394. The van der Waals surface area contributed by atoms with Crippen LogP contribution >= 0.6 is 23.1 Å². The molecule has 4 aromatic rings. The summed E-state index contributed by atoms with van der Waals surface area (Å²) in [7, 11) is 0. The number of aryl methyl sites for hydroxylation is 1. The number of benzene rings is 1. The van der Waals surface area contributed by atoms with E-state index in [2.05, 4.69) is 61.0 Å². The Labute approximate surface area is 183 Å². The van der Waals surface area contributed by atoms with Crippen molar-refractivity contribution in [1.29, 1.82) is 0 Å². The summed E-state index contributed by atoms with van der Waals surface area (Å²) in [5.74, 6) is 2.67. The first kappa shape index (κ1) is 19.3. The molecule has 1 saturated heterocycles. The zero-order valence-electron chi connectivity index (χ0n) is 16.7. The Morgan fingerprint density at radius 2 is 1.90 bits per heavy atom. The van der Waals surface area contributed by atoms with Crippen LogP contribution in [0.3, 0.4) is 0 Å². The van der Waals surface area contributed by atoms with Gasteiger partial charge in [0.25, 0.3) is 0 Å². The van der Waals surface area contributed by atoms with Crippen molar-refractivity contribution in [1.82, 2.24) is 24.9 Å². The highest BCUT2D eigenvalue weighted by molar-refractivity contribution is 7.98. The molecule has 3 aromatic heterocycles. The topological polar surface area (TPSA) is 72.9 Å². The van der Waals surface area contributed by atoms with Gasteiger partial charge < -0.3 is 9.42 Å². The number of aromatic nitrogens is 5. The summed E-state index contributed by atoms with van der Waals surface area (Å²) < 4.78 is 7.60. The molecule has 1 aliphatic rings. The van der Waals surface area contributed by atoms with Crippen LogP contribution in [-0.4, -0.2) is 38.0 Å². The molecule has 4 heterocycles. The third-order valence-electron chi connectivity index (χ3n) is 5.08. The minimum Gasteiger partial charge on any atom is -0.341 e. The molecule has 0 unspecified atom stereocenters. The molecule has 9 heteroatoms. The molecule has 0 radical (unpaired) electrons. The van der Waals surface area contributed by atoms with E-state index in [1.807, 2.05) is 17.5 Å². The predicted octanol–water partition coefficient (Wildman–Crippen LogP) is 4.97. The number of thioether (sulfide) groups is 1. The lowest BCUT2D eigenvalue weighted by atomic mass is 10.1. The summed E-state index contributed by atoms with van der Waals surface area (Å²) in [5.41, 5.74) is 2.30. The van der Waals surface area contributed by atoms with E-state index in [-0.39, 0.29) is 0 Å². The predicted molar refractivity (Wildman–Crippen MR) is 119 cm³/mol. The molecule has 1 fully saturated rings. The average molecular weight is 439 g/mol. The van der Waals surface area contributed by atoms with E-state index in [0.717, 1.165) is 34.8 Å². The average Bonchev–Trinajstić information content (AvgIpc) is 3.53. The van der Waals surface area contributed by atoms with Gasteiger partial charge >= 0.3 is 0 Å². The van der Waals surface area contributed by atoms with Gasteiger partial charge in [-0.2, -0.15) is 4.98 Å². The third kappa shape index (κ3) is 3.99. The molecule has 0 atom stereocenters. The Morgan fingerprint density at radius 1 is 1.07 bits per heavy atom. The number of anilines is 1. The van der Waals surface area contributed by atoms with Gasteiger partial charge in [0.15, 0.2) is 5.16 Å². The minimum atomic E-state index is 0.544. The van der Waals surface area contributed by atoms with E-state index >= 15 is 0 Å². The van der Waals surface area contributed by atoms with Crippen LogP contribution in [0.2, 0.25) is 0 Å². The summed E-state index contributed by atoms with van der Waals surface area (Å²) in [6.07, 6.45) is 3.66. The Morgan fingerprint density at radius 3 is 2.67 bits per heavy atom. The first-order valence-electron chi connectivity index (χ1n) is 10.0. The molecular formula is C21H22N6OS2. The third-order valence-corrected chi connectivity index (χ3v) is 6.86. The van der Waals surface area contributed by atoms with Crippen LogP contribution in [0.1, 0.15) is 30.7 Å². The highest BCUT2D eigenvalue weighted by Gasteiger charge is 2.22. The number of piperidine rings is 1. The van der Waals surface area contributed by atoms with Gasteiger partial charge in [0.1, 0.15) is 0 Å². The molecule has 0 spiro atoms. The van der Waals surface area contributed by atoms with Crippen molar-refractivity contribution in [2.24, 2.45) is 0 Å². The van der Waals surface area contributed by atoms with E-state index in [1.54, 1.807) is 23.1 Å². The van der Waals surface area contributed by atoms with E-state index < -0.39 is 0 Å². The van der Waals surface area contributed by atoms with Crippen molar-refractivity contribution in [3.05, 3.63) is 53.2 Å². The highest BCUT2D eigenvalue weighted by Crippen LogP contribution is 2.30. The summed E-state index contributed by atoms with van der Waals surface area (Å²) >= 11 is 3.16. The van der Waals surface area contributed by atoms with E-state index in [9.17, 15) is 0 Å². The molecule has 30 heavy (non-hydrogen) atoms. The maximum atomic E-state index is 5.45. The van der Waals surface area contributed by atoms with Crippen molar-refractivity contribution >= 4 is 29.0 Å². The van der Waals surface area contributed by atoms with Crippen molar-refractivity contribution < 1.29 is 4.52 Å². The number of hydrogen-bond donors (Lipinski definition) is 0. The van der Waals surface area contributed by atoms with Crippen molar-refractivity contribution in [2.45, 2.75) is 37.1 Å². The number of hydrogen-bond acceptors (Lipinski definition) is 8. The maximum absolute atomic E-state index is 5.45. The van der Waals surface area contributed by atoms with Gasteiger partial charge in [-0.1, -0.05) is 40.7 Å². The maximum Gasteiger partial charge on any atom is 0.237 e. The SMILES string of the molecule is Cc1ccc(-n2c(SCc3nc(-c4cccs4)no3)nnc2N2CCCCC2)cc1. The van der Waals surface area contributed by atoms with Crippen LogP contribution in [0.5, 0.6) is 0 Å². The van der Waals surface area contributed by atoms with Crippen LogP contribution in [0.4, 0.5) is 5.95 Å². The lowest BCUT2D eigenvalue weighted by Gasteiger charge is -2.27. The van der Waals surface area contributed by atoms with Crippen molar-refractivity contribution in [3.63, 3.8) is 0 Å². The Hall–Kier alpha value is -2.65. The summed E-state index contributed by atoms with van der Waals surface area (Å²) in [6.45, 7) is 4.13. The van der Waals surface area contributed by atoms with E-state index in [1.165, 1.54) is 24.8 Å². The fraction of sp³-hybridized carbons (Fsp3) is 0.333. The smallest absolute Gasteiger partial charge is 0.237 e. The Kier molecular flexibility index (Phi) is 5.54. The monoisotopic (exact) mass is 438 g/mol. The first-order chi connectivity index (χ1) is 14.8. The standard InChI is InChI=1S/C21H22N6OS2/c1-15-7-9-16(10-8-15)27-20(26-11-3-2-4-12-26)23-24-21(27)30-14-18-22-19(25-28-18)17-6-5-13-29-17/h5-10,13H,2-4,11-12,14H2,1H3. The molecule has 5 rings (SSSR count). The molecule has 0 amide bonds. The van der Waals surface area contributed by atoms with Crippen LogP contribution in [-0.2, 0) is 5.75 Å². The fourth-order valence-corrected chi connectivity index (χ4v) is 4.95. The van der Waals surface area contributed by atoms with Crippen LogP contribution < -0.4 is 4.90 Å². The lowest BCUT2D eigenvalue weighted by molar-refractivity contribution is 0.391. The first-order valence-corrected chi connectivity index (χ1v) is 11.9. The van der Waals surface area contributed by atoms with Gasteiger partial charge in [0.2, 0.25) is 17.7 Å². The molecule has 0 N–H and O–H groups in total. The number of thiophene rings is 1. The molecular weight excluding hydrogens is 416 g/mol. The second-order valence-corrected chi connectivity index (χ2v) is 9.17. The molecule has 1 aliphatic heterocycles. The molecule has 1 aromatic carbocycles. The molecule has 0 bridgehead atoms. The van der Waals surface area contributed by atoms with Gasteiger partial charge in [-0.05, 0) is 49.8 Å². The summed E-state index contributed by atoms with van der Waals surface area (Å²) in [5, 5.41) is 16.0. The minimum absolute atomic E-state index is 0.544. The molecule has 0 saturated carbocycles. The van der Waals surface area contributed by atoms with Gasteiger partial charge in [-0.15, -0.1) is 21.5 Å².